The summed E-state index contributed by atoms with van der Waals surface area (Å²) in [7, 11) is 0. The van der Waals surface area contributed by atoms with Gasteiger partial charge in [-0.25, -0.2) is 4.98 Å². The number of nitro benzene ring substituents is 1. The van der Waals surface area contributed by atoms with Gasteiger partial charge in [0.05, 0.1) is 21.5 Å². The minimum Gasteiger partial charge on any atom is -0.371 e. The summed E-state index contributed by atoms with van der Waals surface area (Å²) in [4.78, 5) is 24.0. The molecule has 0 spiro atoms. The van der Waals surface area contributed by atoms with Crippen molar-refractivity contribution < 1.29 is 4.92 Å². The summed E-state index contributed by atoms with van der Waals surface area (Å²) in [5, 5.41) is 22.1. The smallest absolute Gasteiger partial charge is 0.293 e. The first-order chi connectivity index (χ1) is 16.6. The summed E-state index contributed by atoms with van der Waals surface area (Å²) in [6, 6.07) is 13.5. The number of aromatic nitrogens is 2. The number of para-hydroxylation sites is 2. The Morgan fingerprint density at radius 3 is 2.26 bits per heavy atom. The normalized spacial score (nSPS) is 17.1. The third-order valence-corrected chi connectivity index (χ3v) is 6.78. The van der Waals surface area contributed by atoms with Crippen LogP contribution in [0.3, 0.4) is 0 Å². The fourth-order valence-corrected chi connectivity index (χ4v) is 5.03. The molecular weight excluding hydrogens is 428 g/mol. The molecule has 0 atom stereocenters. The van der Waals surface area contributed by atoms with Crippen LogP contribution in [0.5, 0.6) is 0 Å². The van der Waals surface area contributed by atoms with E-state index in [1.54, 1.807) is 12.1 Å². The number of piperidine rings is 2. The molecule has 2 aliphatic heterocycles. The van der Waals surface area contributed by atoms with E-state index in [4.69, 9.17) is 0 Å². The van der Waals surface area contributed by atoms with Gasteiger partial charge in [-0.3, -0.25) is 10.1 Å². The Morgan fingerprint density at radius 2 is 1.65 bits per heavy atom. The van der Waals surface area contributed by atoms with Crippen LogP contribution in [0.2, 0.25) is 0 Å². The van der Waals surface area contributed by atoms with E-state index in [0.717, 1.165) is 75.0 Å². The van der Waals surface area contributed by atoms with E-state index in [2.05, 4.69) is 25.8 Å². The van der Waals surface area contributed by atoms with Gasteiger partial charge in [-0.15, -0.1) is 0 Å². The Morgan fingerprint density at radius 1 is 1.00 bits per heavy atom. The number of hydrogen-bond donors (Lipinski definition) is 1. The van der Waals surface area contributed by atoms with Gasteiger partial charge >= 0.3 is 0 Å². The standard InChI is InChI=1S/C26H28N6O2/c27-18-20(26-28-21-9-3-4-10-22(21)29-26)15-19-16-25(32(33)34)24(31-13-7-2-8-14-31)17-23(19)30-11-5-1-6-12-30/h3-4,9-10,15-17H,1-2,5-8,11-14H2,(H,28,29)/b20-15+. The molecule has 8 heteroatoms. The van der Waals surface area contributed by atoms with Crippen molar-refractivity contribution in [3.05, 3.63) is 57.9 Å². The van der Waals surface area contributed by atoms with Crippen molar-refractivity contribution >= 4 is 39.7 Å². The minimum atomic E-state index is -0.297. The molecule has 2 aromatic carbocycles. The Balaban J connectivity index is 1.65. The van der Waals surface area contributed by atoms with Gasteiger partial charge < -0.3 is 14.8 Å². The molecule has 1 N–H and O–H groups in total. The third kappa shape index (κ3) is 4.34. The molecule has 1 aromatic heterocycles. The summed E-state index contributed by atoms with van der Waals surface area (Å²) in [5.74, 6) is 0.469. The van der Waals surface area contributed by atoms with Crippen LogP contribution in [-0.4, -0.2) is 41.1 Å². The quantitative estimate of drug-likeness (QED) is 0.308. The van der Waals surface area contributed by atoms with Crippen LogP contribution in [-0.2, 0) is 0 Å². The number of hydrogen-bond acceptors (Lipinski definition) is 6. The molecule has 0 amide bonds. The maximum atomic E-state index is 12.1. The number of imidazole rings is 1. The van der Waals surface area contributed by atoms with E-state index >= 15 is 0 Å². The van der Waals surface area contributed by atoms with E-state index in [0.29, 0.717) is 22.6 Å². The Bertz CT molecular complexity index is 1240. The predicted octanol–water partition coefficient (Wildman–Crippen LogP) is 5.52. The van der Waals surface area contributed by atoms with Crippen LogP contribution in [0.4, 0.5) is 17.1 Å². The number of anilines is 2. The number of fused-ring (bicyclic) bond motifs is 1. The molecule has 0 bridgehead atoms. The molecule has 8 nitrogen and oxygen atoms in total. The monoisotopic (exact) mass is 456 g/mol. The van der Waals surface area contributed by atoms with Crippen molar-refractivity contribution in [3.63, 3.8) is 0 Å². The van der Waals surface area contributed by atoms with E-state index in [-0.39, 0.29) is 10.6 Å². The molecule has 3 aromatic rings. The zero-order valence-corrected chi connectivity index (χ0v) is 19.2. The van der Waals surface area contributed by atoms with Gasteiger partial charge in [-0.05, 0) is 62.8 Å². The highest BCUT2D eigenvalue weighted by Gasteiger charge is 2.26. The summed E-state index contributed by atoms with van der Waals surface area (Å²) < 4.78 is 0. The first-order valence-electron chi connectivity index (χ1n) is 12.0. The number of rotatable bonds is 5. The summed E-state index contributed by atoms with van der Waals surface area (Å²) >= 11 is 0. The van der Waals surface area contributed by atoms with Crippen molar-refractivity contribution in [3.8, 4) is 6.07 Å². The average Bonchev–Trinajstić information content (AvgIpc) is 3.32. The second kappa shape index (κ2) is 9.56. The number of allylic oxidation sites excluding steroid dienone is 1. The number of nitrogens with zero attached hydrogens (tertiary/aromatic N) is 5. The number of aromatic amines is 1. The molecule has 5 rings (SSSR count). The first-order valence-corrected chi connectivity index (χ1v) is 12.0. The van der Waals surface area contributed by atoms with E-state index in [1.807, 2.05) is 30.3 Å². The van der Waals surface area contributed by atoms with E-state index in [1.165, 1.54) is 6.42 Å². The average molecular weight is 457 g/mol. The second-order valence-corrected chi connectivity index (χ2v) is 9.02. The fraction of sp³-hybridized carbons (Fsp3) is 0.385. The van der Waals surface area contributed by atoms with Gasteiger partial charge in [-0.1, -0.05) is 12.1 Å². The van der Waals surface area contributed by atoms with Gasteiger partial charge in [0.1, 0.15) is 17.6 Å². The van der Waals surface area contributed by atoms with Crippen LogP contribution >= 0.6 is 0 Å². The van der Waals surface area contributed by atoms with Crippen LogP contribution < -0.4 is 9.80 Å². The lowest BCUT2D eigenvalue weighted by Gasteiger charge is -2.33. The predicted molar refractivity (Wildman–Crippen MR) is 135 cm³/mol. The lowest BCUT2D eigenvalue weighted by Crippen LogP contribution is -2.32. The zero-order chi connectivity index (χ0) is 23.5. The highest BCUT2D eigenvalue weighted by atomic mass is 16.6. The molecule has 2 aliphatic rings. The van der Waals surface area contributed by atoms with Gasteiger partial charge in [0.2, 0.25) is 0 Å². The summed E-state index contributed by atoms with van der Waals surface area (Å²) in [5.41, 5.74) is 4.40. The molecule has 34 heavy (non-hydrogen) atoms. The van der Waals surface area contributed by atoms with Crippen LogP contribution in [0, 0.1) is 21.4 Å². The van der Waals surface area contributed by atoms with Gasteiger partial charge in [-0.2, -0.15) is 5.26 Å². The van der Waals surface area contributed by atoms with Crippen molar-refractivity contribution in [2.24, 2.45) is 0 Å². The number of nitriles is 1. The van der Waals surface area contributed by atoms with E-state index in [9.17, 15) is 15.4 Å². The molecule has 174 valence electrons. The fourth-order valence-electron chi connectivity index (χ4n) is 5.03. The van der Waals surface area contributed by atoms with Crippen molar-refractivity contribution in [2.75, 3.05) is 36.0 Å². The number of H-pyrrole nitrogens is 1. The minimum absolute atomic E-state index is 0.0933. The highest BCUT2D eigenvalue weighted by molar-refractivity contribution is 5.94. The van der Waals surface area contributed by atoms with E-state index < -0.39 is 0 Å². The Hall–Kier alpha value is -3.86. The SMILES string of the molecule is N#C/C(=C\c1cc([N+](=O)[O-])c(N2CCCCC2)cc1N1CCCCC1)c1nc2ccccc2[nH]1. The Kier molecular flexibility index (Phi) is 6.17. The van der Waals surface area contributed by atoms with Crippen LogP contribution in [0.15, 0.2) is 36.4 Å². The highest BCUT2D eigenvalue weighted by Crippen LogP contribution is 2.39. The molecule has 0 aliphatic carbocycles. The second-order valence-electron chi connectivity index (χ2n) is 9.02. The Labute approximate surface area is 198 Å². The maximum absolute atomic E-state index is 12.1. The third-order valence-electron chi connectivity index (χ3n) is 6.78. The maximum Gasteiger partial charge on any atom is 0.293 e. The molecule has 2 fully saturated rings. The lowest BCUT2D eigenvalue weighted by molar-refractivity contribution is -0.384. The number of nitro groups is 1. The zero-order valence-electron chi connectivity index (χ0n) is 19.2. The molecule has 0 radical (unpaired) electrons. The molecule has 0 saturated carbocycles. The number of benzene rings is 2. The van der Waals surface area contributed by atoms with Crippen LogP contribution in [0.25, 0.3) is 22.7 Å². The molecule has 3 heterocycles. The van der Waals surface area contributed by atoms with Crippen LogP contribution in [0.1, 0.15) is 49.9 Å². The molecular formula is C26H28N6O2. The largest absolute Gasteiger partial charge is 0.371 e. The lowest BCUT2D eigenvalue weighted by atomic mass is 10.0. The number of nitrogens with one attached hydrogen (secondary N) is 1. The van der Waals surface area contributed by atoms with Gasteiger partial charge in [0, 0.05) is 43.5 Å². The molecule has 0 unspecified atom stereocenters. The van der Waals surface area contributed by atoms with Crippen molar-refractivity contribution in [1.82, 2.24) is 9.97 Å². The molecule has 2 saturated heterocycles. The van der Waals surface area contributed by atoms with Crippen molar-refractivity contribution in [1.29, 1.82) is 5.26 Å². The summed E-state index contributed by atoms with van der Waals surface area (Å²) in [6.45, 7) is 3.48. The van der Waals surface area contributed by atoms with Crippen molar-refractivity contribution in [2.45, 2.75) is 38.5 Å². The van der Waals surface area contributed by atoms with Gasteiger partial charge in [0.15, 0.2) is 0 Å². The van der Waals surface area contributed by atoms with Gasteiger partial charge in [0.25, 0.3) is 5.69 Å². The topological polar surface area (TPSA) is 102 Å². The first kappa shape index (κ1) is 22.0. The summed E-state index contributed by atoms with van der Waals surface area (Å²) in [6.07, 6.45) is 8.37.